The van der Waals surface area contributed by atoms with Gasteiger partial charge in [0.15, 0.2) is 11.4 Å². The van der Waals surface area contributed by atoms with Crippen molar-refractivity contribution in [3.8, 4) is 0 Å². The lowest BCUT2D eigenvalue weighted by molar-refractivity contribution is -0.122. The first-order valence-corrected chi connectivity index (χ1v) is 11.9. The van der Waals surface area contributed by atoms with Crippen LogP contribution in [0, 0.1) is 11.7 Å². The molecule has 176 valence electrons. The number of aromatic nitrogens is 1. The molecule has 2 fully saturated rings. The first-order chi connectivity index (χ1) is 15.5. The lowest BCUT2D eigenvalue weighted by atomic mass is 9.84. The van der Waals surface area contributed by atoms with E-state index in [-0.39, 0.29) is 10.9 Å². The molecule has 7 nitrogen and oxygen atoms in total. The van der Waals surface area contributed by atoms with Crippen LogP contribution in [0.1, 0.15) is 38.5 Å². The minimum absolute atomic E-state index is 0.0878. The summed E-state index contributed by atoms with van der Waals surface area (Å²) in [6.45, 7) is 5.23. The largest absolute Gasteiger partial charge is 0.384 e. The van der Waals surface area contributed by atoms with Gasteiger partial charge < -0.3 is 19.5 Å². The van der Waals surface area contributed by atoms with Gasteiger partial charge >= 0.3 is 0 Å². The van der Waals surface area contributed by atoms with Gasteiger partial charge in [-0.1, -0.05) is 16.8 Å². The molecule has 1 saturated heterocycles. The number of ether oxygens (including phenoxy) is 1. The number of nitrogens with one attached hydrogen (secondary N) is 1. The Morgan fingerprint density at radius 2 is 2.00 bits per heavy atom. The average Bonchev–Trinajstić information content (AvgIpc) is 3.20. The van der Waals surface area contributed by atoms with Crippen LogP contribution in [0.2, 0.25) is 5.02 Å². The van der Waals surface area contributed by atoms with Crippen molar-refractivity contribution in [3.05, 3.63) is 23.0 Å². The van der Waals surface area contributed by atoms with Crippen LogP contribution in [0.3, 0.4) is 0 Å². The number of anilines is 1. The van der Waals surface area contributed by atoms with Gasteiger partial charge in [-0.25, -0.2) is 4.39 Å². The van der Waals surface area contributed by atoms with Crippen molar-refractivity contribution in [2.45, 2.75) is 44.6 Å². The molecule has 4 rings (SSSR count). The molecule has 1 N–H and O–H groups in total. The second kappa shape index (κ2) is 10.8. The molecule has 1 saturated carbocycles. The smallest absolute Gasteiger partial charge is 0.222 e. The first kappa shape index (κ1) is 23.3. The van der Waals surface area contributed by atoms with E-state index >= 15 is 0 Å². The molecule has 1 aromatic carbocycles. The van der Waals surface area contributed by atoms with Crippen molar-refractivity contribution >= 4 is 34.3 Å². The second-order valence-corrected chi connectivity index (χ2v) is 9.32. The van der Waals surface area contributed by atoms with Crippen LogP contribution in [0.15, 0.2) is 16.7 Å². The number of fused-ring (bicyclic) bond motifs is 1. The summed E-state index contributed by atoms with van der Waals surface area (Å²) in [7, 11) is 1.62. The van der Waals surface area contributed by atoms with E-state index in [4.69, 9.17) is 20.9 Å². The van der Waals surface area contributed by atoms with Crippen molar-refractivity contribution < 1.29 is 18.4 Å². The van der Waals surface area contributed by atoms with E-state index in [1.54, 1.807) is 13.2 Å². The molecule has 9 heteroatoms. The van der Waals surface area contributed by atoms with Gasteiger partial charge in [0.05, 0.1) is 17.0 Å². The summed E-state index contributed by atoms with van der Waals surface area (Å²) in [5.41, 5.74) is 0.426. The fourth-order valence-electron chi connectivity index (χ4n) is 4.79. The van der Waals surface area contributed by atoms with Crippen molar-refractivity contribution in [3.63, 3.8) is 0 Å². The highest BCUT2D eigenvalue weighted by Gasteiger charge is 2.25. The number of carbonyl (C=O) groups excluding carboxylic acids is 1. The van der Waals surface area contributed by atoms with E-state index in [0.717, 1.165) is 62.7 Å². The number of halogens is 2. The van der Waals surface area contributed by atoms with Crippen molar-refractivity contribution in [2.24, 2.45) is 5.92 Å². The monoisotopic (exact) mass is 466 g/mol. The van der Waals surface area contributed by atoms with E-state index in [9.17, 15) is 9.18 Å². The Kier molecular flexibility index (Phi) is 7.86. The third kappa shape index (κ3) is 5.71. The number of hydrogen-bond donors (Lipinski definition) is 1. The predicted molar refractivity (Wildman–Crippen MR) is 123 cm³/mol. The standard InChI is InChI=1S/C23H32ClFN4O3/c1-31-13-7-22(30)26-17-4-2-16(3-5-17)6-8-28-9-11-29(12-10-28)23-18-14-19(24)20(25)15-21(18)32-27-23/h14-17H,2-13H2,1H3,(H,26,30)/t16-,17-. The van der Waals surface area contributed by atoms with E-state index in [1.165, 1.54) is 25.3 Å². The van der Waals surface area contributed by atoms with Crippen LogP contribution < -0.4 is 10.2 Å². The topological polar surface area (TPSA) is 70.8 Å². The lowest BCUT2D eigenvalue weighted by Crippen LogP contribution is -2.47. The summed E-state index contributed by atoms with van der Waals surface area (Å²) < 4.78 is 23.9. The highest BCUT2D eigenvalue weighted by Crippen LogP contribution is 2.31. The molecule has 1 aliphatic carbocycles. The average molecular weight is 467 g/mol. The van der Waals surface area contributed by atoms with Crippen molar-refractivity contribution in [2.75, 3.05) is 51.3 Å². The summed E-state index contributed by atoms with van der Waals surface area (Å²) in [6.07, 6.45) is 6.14. The minimum atomic E-state index is -0.491. The molecule has 0 radical (unpaired) electrons. The van der Waals surface area contributed by atoms with Gasteiger partial charge in [-0.05, 0) is 50.6 Å². The molecule has 2 heterocycles. The lowest BCUT2D eigenvalue weighted by Gasteiger charge is -2.36. The maximum absolute atomic E-state index is 13.6. The maximum Gasteiger partial charge on any atom is 0.222 e. The molecule has 0 unspecified atom stereocenters. The molecule has 0 bridgehead atoms. The summed E-state index contributed by atoms with van der Waals surface area (Å²) in [5, 5.41) is 8.15. The molecular weight excluding hydrogens is 435 g/mol. The van der Waals surface area contributed by atoms with Crippen LogP contribution >= 0.6 is 11.6 Å². The van der Waals surface area contributed by atoms with E-state index in [0.29, 0.717) is 24.7 Å². The molecule has 2 aliphatic rings. The van der Waals surface area contributed by atoms with Gasteiger partial charge in [0.1, 0.15) is 5.82 Å². The number of hydrogen-bond acceptors (Lipinski definition) is 6. The van der Waals surface area contributed by atoms with Gasteiger partial charge in [-0.2, -0.15) is 0 Å². The van der Waals surface area contributed by atoms with Crippen molar-refractivity contribution in [1.82, 2.24) is 15.4 Å². The van der Waals surface area contributed by atoms with Gasteiger partial charge in [0.2, 0.25) is 5.91 Å². The summed E-state index contributed by atoms with van der Waals surface area (Å²) >= 11 is 5.95. The van der Waals surface area contributed by atoms with Crippen LogP contribution in [0.5, 0.6) is 0 Å². The molecule has 1 aliphatic heterocycles. The Labute approximate surface area is 193 Å². The van der Waals surface area contributed by atoms with Gasteiger partial charge in [0, 0.05) is 51.8 Å². The van der Waals surface area contributed by atoms with Crippen LogP contribution in [-0.4, -0.2) is 68.4 Å². The van der Waals surface area contributed by atoms with E-state index < -0.39 is 5.82 Å². The molecule has 1 aromatic heterocycles. The Morgan fingerprint density at radius 3 is 2.72 bits per heavy atom. The van der Waals surface area contributed by atoms with E-state index in [2.05, 4.69) is 20.3 Å². The normalized spacial score (nSPS) is 22.4. The highest BCUT2D eigenvalue weighted by atomic mass is 35.5. The summed E-state index contributed by atoms with van der Waals surface area (Å²) in [4.78, 5) is 16.6. The van der Waals surface area contributed by atoms with Crippen LogP contribution in [0.25, 0.3) is 11.0 Å². The predicted octanol–water partition coefficient (Wildman–Crippen LogP) is 3.84. The number of methoxy groups -OCH3 is 1. The molecule has 0 spiro atoms. The number of rotatable bonds is 8. The zero-order valence-electron chi connectivity index (χ0n) is 18.6. The number of nitrogens with zero attached hydrogens (tertiary/aromatic N) is 3. The zero-order valence-corrected chi connectivity index (χ0v) is 19.4. The number of carbonyl (C=O) groups is 1. The quantitative estimate of drug-likeness (QED) is 0.637. The molecular formula is C23H32ClFN4O3. The Morgan fingerprint density at radius 1 is 1.25 bits per heavy atom. The summed E-state index contributed by atoms with van der Waals surface area (Å²) in [6, 6.07) is 3.21. The number of amides is 1. The maximum atomic E-state index is 13.6. The summed E-state index contributed by atoms with van der Waals surface area (Å²) in [5.74, 6) is 1.08. The van der Waals surface area contributed by atoms with Gasteiger partial charge in [-0.15, -0.1) is 0 Å². The fourth-order valence-corrected chi connectivity index (χ4v) is 4.95. The Hall–Kier alpha value is -1.90. The van der Waals surface area contributed by atoms with Crippen LogP contribution in [-0.2, 0) is 9.53 Å². The van der Waals surface area contributed by atoms with Gasteiger partial charge in [-0.3, -0.25) is 9.69 Å². The molecule has 0 atom stereocenters. The Bertz CT molecular complexity index is 908. The third-order valence-electron chi connectivity index (χ3n) is 6.76. The fraction of sp³-hybridized carbons (Fsp3) is 0.652. The number of benzene rings is 1. The van der Waals surface area contributed by atoms with E-state index in [1.807, 2.05) is 0 Å². The SMILES string of the molecule is COCCC(=O)N[C@H]1CC[C@H](CCN2CCN(c3noc4cc(F)c(Cl)cc34)CC2)CC1. The number of piperazine rings is 1. The van der Waals surface area contributed by atoms with Crippen molar-refractivity contribution in [1.29, 1.82) is 0 Å². The minimum Gasteiger partial charge on any atom is -0.384 e. The molecule has 32 heavy (non-hydrogen) atoms. The Balaban J connectivity index is 1.18. The zero-order chi connectivity index (χ0) is 22.5. The third-order valence-corrected chi connectivity index (χ3v) is 7.05. The first-order valence-electron chi connectivity index (χ1n) is 11.5. The highest BCUT2D eigenvalue weighted by molar-refractivity contribution is 6.31. The molecule has 1 amide bonds. The van der Waals surface area contributed by atoms with Crippen LogP contribution in [0.4, 0.5) is 10.2 Å². The molecule has 2 aromatic rings. The second-order valence-electron chi connectivity index (χ2n) is 8.91. The van der Waals surface area contributed by atoms with Gasteiger partial charge in [0.25, 0.3) is 0 Å².